The molecule has 0 unspecified atom stereocenters. The Labute approximate surface area is 153 Å². The van der Waals surface area contributed by atoms with Crippen LogP contribution in [0.25, 0.3) is 10.2 Å². The number of fused-ring (bicyclic) bond motifs is 1. The predicted molar refractivity (Wildman–Crippen MR) is 98.9 cm³/mol. The Morgan fingerprint density at radius 1 is 1.38 bits per heavy atom. The molecule has 0 spiro atoms. The first-order chi connectivity index (χ1) is 12.5. The zero-order valence-corrected chi connectivity index (χ0v) is 15.2. The topological polar surface area (TPSA) is 87.2 Å². The van der Waals surface area contributed by atoms with Crippen molar-refractivity contribution in [3.63, 3.8) is 0 Å². The van der Waals surface area contributed by atoms with Crippen molar-refractivity contribution in [3.05, 3.63) is 56.4 Å². The second kappa shape index (κ2) is 7.25. The van der Waals surface area contributed by atoms with Gasteiger partial charge in [-0.05, 0) is 18.6 Å². The number of halogens is 1. The summed E-state index contributed by atoms with van der Waals surface area (Å²) in [5, 5.41) is 0.320. The number of aromatic nitrogens is 2. The van der Waals surface area contributed by atoms with Crippen LogP contribution in [0.5, 0.6) is 5.75 Å². The lowest BCUT2D eigenvalue weighted by Crippen LogP contribution is -2.26. The fourth-order valence-electron chi connectivity index (χ4n) is 2.96. The minimum Gasteiger partial charge on any atom is -0.496 e. The van der Waals surface area contributed by atoms with Crippen LogP contribution in [0.3, 0.4) is 0 Å². The number of carbonyl (C=O) groups excluding carboxylic acids is 1. The maximum Gasteiger partial charge on any atom is 0.262 e. The highest BCUT2D eigenvalue weighted by molar-refractivity contribution is 7.20. The molecule has 1 aromatic carbocycles. The third-order valence-corrected chi connectivity index (χ3v) is 5.40. The van der Waals surface area contributed by atoms with E-state index in [1.54, 1.807) is 14.0 Å². The number of methoxy groups -OCH3 is 1. The molecule has 0 atom stereocenters. The van der Waals surface area contributed by atoms with E-state index in [-0.39, 0.29) is 12.1 Å². The number of hydrogen-bond acceptors (Lipinski definition) is 5. The smallest absolute Gasteiger partial charge is 0.262 e. The number of carbonyl (C=O) groups is 1. The number of nitrogens with zero attached hydrogens (tertiary/aromatic N) is 2. The molecule has 0 saturated heterocycles. The number of amides is 1. The Bertz CT molecular complexity index is 1040. The van der Waals surface area contributed by atoms with E-state index in [9.17, 15) is 14.0 Å². The Morgan fingerprint density at radius 3 is 2.77 bits per heavy atom. The minimum atomic E-state index is -0.697. The van der Waals surface area contributed by atoms with E-state index in [4.69, 9.17) is 10.5 Å². The van der Waals surface area contributed by atoms with Gasteiger partial charge < -0.3 is 10.5 Å². The summed E-state index contributed by atoms with van der Waals surface area (Å²) in [6.07, 6.45) is 0.304. The molecule has 2 heterocycles. The molecule has 0 aliphatic carbocycles. The van der Waals surface area contributed by atoms with Crippen LogP contribution in [0.4, 0.5) is 4.39 Å². The van der Waals surface area contributed by atoms with Crippen LogP contribution in [-0.2, 0) is 13.0 Å². The van der Waals surface area contributed by atoms with Gasteiger partial charge in [0, 0.05) is 12.0 Å². The highest BCUT2D eigenvalue weighted by Gasteiger charge is 2.20. The first-order valence-electron chi connectivity index (χ1n) is 7.98. The van der Waals surface area contributed by atoms with Gasteiger partial charge in [0.05, 0.1) is 23.9 Å². The van der Waals surface area contributed by atoms with E-state index in [1.807, 2.05) is 24.3 Å². The summed E-state index contributed by atoms with van der Waals surface area (Å²) in [5.74, 6) is 0.476. The molecule has 0 aliphatic rings. The maximum absolute atomic E-state index is 13.1. The van der Waals surface area contributed by atoms with Crippen LogP contribution in [0.15, 0.2) is 29.1 Å². The number of hydrogen-bond donors (Lipinski definition) is 1. The van der Waals surface area contributed by atoms with Gasteiger partial charge in [-0.2, -0.15) is 0 Å². The van der Waals surface area contributed by atoms with Crippen molar-refractivity contribution in [3.8, 4) is 5.75 Å². The molecule has 136 valence electrons. The summed E-state index contributed by atoms with van der Waals surface area (Å²) in [4.78, 5) is 29.8. The van der Waals surface area contributed by atoms with E-state index >= 15 is 0 Å². The Morgan fingerprint density at radius 2 is 2.12 bits per heavy atom. The number of thiophene rings is 1. The van der Waals surface area contributed by atoms with E-state index < -0.39 is 12.6 Å². The number of benzene rings is 1. The van der Waals surface area contributed by atoms with Crippen molar-refractivity contribution < 1.29 is 13.9 Å². The van der Waals surface area contributed by atoms with Crippen LogP contribution in [0, 0.1) is 6.92 Å². The maximum atomic E-state index is 13.1. The molecule has 0 radical (unpaired) electrons. The molecule has 0 saturated carbocycles. The van der Waals surface area contributed by atoms with Crippen LogP contribution < -0.4 is 16.0 Å². The summed E-state index contributed by atoms with van der Waals surface area (Å²) in [7, 11) is 1.56. The van der Waals surface area contributed by atoms with Crippen LogP contribution >= 0.6 is 11.3 Å². The molecule has 2 N–H and O–H groups in total. The molecular weight excluding hydrogens is 357 g/mol. The average molecular weight is 375 g/mol. The molecular formula is C18H18FN3O3S. The van der Waals surface area contributed by atoms with E-state index in [0.717, 1.165) is 16.9 Å². The number of primary amides is 1. The van der Waals surface area contributed by atoms with Crippen molar-refractivity contribution in [2.75, 3.05) is 13.8 Å². The minimum absolute atomic E-state index is 0.104. The lowest BCUT2D eigenvalue weighted by molar-refractivity contribution is 0.100. The van der Waals surface area contributed by atoms with E-state index in [1.165, 1.54) is 4.57 Å². The van der Waals surface area contributed by atoms with Gasteiger partial charge in [-0.1, -0.05) is 18.2 Å². The zero-order chi connectivity index (χ0) is 18.8. The van der Waals surface area contributed by atoms with Crippen LogP contribution in [0.1, 0.15) is 26.6 Å². The highest BCUT2D eigenvalue weighted by atomic mass is 32.1. The fraction of sp³-hybridized carbons (Fsp3) is 0.278. The molecule has 0 fully saturated rings. The molecule has 6 nitrogen and oxygen atoms in total. The van der Waals surface area contributed by atoms with Gasteiger partial charge >= 0.3 is 0 Å². The average Bonchev–Trinajstić information content (AvgIpc) is 2.95. The van der Waals surface area contributed by atoms with Crippen molar-refractivity contribution in [2.24, 2.45) is 5.73 Å². The van der Waals surface area contributed by atoms with Crippen LogP contribution in [-0.4, -0.2) is 29.2 Å². The largest absolute Gasteiger partial charge is 0.496 e. The van der Waals surface area contributed by atoms with Crippen LogP contribution in [0.2, 0.25) is 0 Å². The van der Waals surface area contributed by atoms with Crippen molar-refractivity contribution in [2.45, 2.75) is 19.9 Å². The van der Waals surface area contributed by atoms with E-state index in [2.05, 4.69) is 4.98 Å². The molecule has 0 bridgehead atoms. The highest BCUT2D eigenvalue weighted by Crippen LogP contribution is 2.28. The summed E-state index contributed by atoms with van der Waals surface area (Å²) >= 11 is 1.08. The van der Waals surface area contributed by atoms with Gasteiger partial charge in [-0.25, -0.2) is 9.37 Å². The normalized spacial score (nSPS) is 11.0. The molecule has 8 heteroatoms. The molecule has 1 amide bonds. The lowest BCUT2D eigenvalue weighted by atomic mass is 10.1. The number of rotatable bonds is 6. The zero-order valence-electron chi connectivity index (χ0n) is 14.4. The molecule has 0 aliphatic heterocycles. The predicted octanol–water partition coefficient (Wildman–Crippen LogP) is 2.43. The van der Waals surface area contributed by atoms with Gasteiger partial charge in [0.2, 0.25) is 0 Å². The van der Waals surface area contributed by atoms with Gasteiger partial charge in [0.15, 0.2) is 0 Å². The fourth-order valence-corrected chi connectivity index (χ4v) is 4.01. The third kappa shape index (κ3) is 3.08. The van der Waals surface area contributed by atoms with Crippen molar-refractivity contribution in [1.29, 1.82) is 0 Å². The molecule has 3 rings (SSSR count). The lowest BCUT2D eigenvalue weighted by Gasteiger charge is -2.13. The summed E-state index contributed by atoms with van der Waals surface area (Å²) < 4.78 is 19.7. The third-order valence-electron chi connectivity index (χ3n) is 4.20. The Kier molecular flexibility index (Phi) is 5.03. The van der Waals surface area contributed by atoms with Gasteiger partial charge in [-0.15, -0.1) is 11.3 Å². The van der Waals surface area contributed by atoms with Crippen molar-refractivity contribution in [1.82, 2.24) is 9.55 Å². The molecule has 26 heavy (non-hydrogen) atoms. The Balaban J connectivity index is 2.22. The van der Waals surface area contributed by atoms with Crippen molar-refractivity contribution >= 4 is 27.5 Å². The van der Waals surface area contributed by atoms with E-state index in [0.29, 0.717) is 38.7 Å². The molecule has 3 aromatic rings. The standard InChI is InChI=1S/C18H18FN3O3S/c1-10-14-17(26-15(10)16(20)23)21-13(22(8-7-19)18(14)24)9-11-5-3-4-6-12(11)25-2/h3-6H,7-9H2,1-2H3,(H2,20,23). The summed E-state index contributed by atoms with van der Waals surface area (Å²) in [6, 6.07) is 7.37. The first kappa shape index (κ1) is 18.1. The summed E-state index contributed by atoms with van der Waals surface area (Å²) in [5.41, 5.74) is 6.34. The summed E-state index contributed by atoms with van der Waals surface area (Å²) in [6.45, 7) is 0.854. The van der Waals surface area contributed by atoms with Gasteiger partial charge in [-0.3, -0.25) is 14.2 Å². The number of nitrogens with two attached hydrogens (primary N) is 1. The second-order valence-electron chi connectivity index (χ2n) is 5.76. The number of ether oxygens (including phenoxy) is 1. The Hall–Kier alpha value is -2.74. The first-order valence-corrected chi connectivity index (χ1v) is 8.80. The second-order valence-corrected chi connectivity index (χ2v) is 6.76. The molecule has 2 aromatic heterocycles. The van der Waals surface area contributed by atoms with Gasteiger partial charge in [0.25, 0.3) is 11.5 Å². The van der Waals surface area contributed by atoms with Gasteiger partial charge in [0.1, 0.15) is 23.1 Å². The SMILES string of the molecule is COc1ccccc1Cc1nc2sc(C(N)=O)c(C)c2c(=O)n1CCF. The number of para-hydroxylation sites is 1. The monoisotopic (exact) mass is 375 g/mol. The number of aryl methyl sites for hydroxylation is 1. The quantitative estimate of drug-likeness (QED) is 0.717. The number of alkyl halides is 1.